The fourth-order valence-corrected chi connectivity index (χ4v) is 3.65. The number of fused-ring (bicyclic) bond motifs is 1. The lowest BCUT2D eigenvalue weighted by Crippen LogP contribution is -2.46. The molecule has 1 unspecified atom stereocenters. The summed E-state index contributed by atoms with van der Waals surface area (Å²) in [6.45, 7) is 6.42. The highest BCUT2D eigenvalue weighted by Gasteiger charge is 2.25. The van der Waals surface area contributed by atoms with Crippen LogP contribution in [0.2, 0.25) is 5.02 Å². The van der Waals surface area contributed by atoms with Gasteiger partial charge in [-0.2, -0.15) is 0 Å². The number of hydrogen-bond donors (Lipinski definition) is 1. The Balaban J connectivity index is 1.42. The van der Waals surface area contributed by atoms with Crippen molar-refractivity contribution in [3.8, 4) is 5.75 Å². The highest BCUT2D eigenvalue weighted by Crippen LogP contribution is 2.35. The minimum Gasteiger partial charge on any atom is -0.479 e. The van der Waals surface area contributed by atoms with Gasteiger partial charge in [0.05, 0.1) is 5.69 Å². The van der Waals surface area contributed by atoms with Gasteiger partial charge in [-0.1, -0.05) is 29.8 Å². The number of nitrogens with zero attached hydrogens (tertiary/aromatic N) is 2. The van der Waals surface area contributed by atoms with Gasteiger partial charge in [0, 0.05) is 49.5 Å². The molecule has 0 aliphatic carbocycles. The Hall–Kier alpha value is -2.24. The quantitative estimate of drug-likeness (QED) is 0.898. The van der Waals surface area contributed by atoms with Crippen molar-refractivity contribution in [1.82, 2.24) is 4.90 Å². The Bertz CT molecular complexity index is 804. The van der Waals surface area contributed by atoms with Gasteiger partial charge in [0.25, 0.3) is 5.91 Å². The van der Waals surface area contributed by atoms with Crippen molar-refractivity contribution in [2.75, 3.05) is 36.4 Å². The molecule has 2 aliphatic rings. The van der Waals surface area contributed by atoms with Crippen LogP contribution >= 0.6 is 11.6 Å². The molecule has 1 fully saturated rings. The zero-order valence-electron chi connectivity index (χ0n) is 14.7. The lowest BCUT2D eigenvalue weighted by molar-refractivity contribution is -0.122. The second-order valence-corrected chi connectivity index (χ2v) is 7.20. The van der Waals surface area contributed by atoms with Crippen molar-refractivity contribution in [3.63, 3.8) is 0 Å². The molecule has 136 valence electrons. The number of anilines is 2. The molecule has 1 N–H and O–H groups in total. The zero-order chi connectivity index (χ0) is 18.1. The highest BCUT2D eigenvalue weighted by atomic mass is 35.5. The van der Waals surface area contributed by atoms with E-state index < -0.39 is 6.10 Å². The monoisotopic (exact) mass is 371 g/mol. The first-order valence-corrected chi connectivity index (χ1v) is 9.30. The largest absolute Gasteiger partial charge is 0.479 e. The van der Waals surface area contributed by atoms with E-state index >= 15 is 0 Å². The molecule has 26 heavy (non-hydrogen) atoms. The molecular weight excluding hydrogens is 350 g/mol. The van der Waals surface area contributed by atoms with Crippen LogP contribution < -0.4 is 15.0 Å². The van der Waals surface area contributed by atoms with Crippen LogP contribution in [0.1, 0.15) is 12.5 Å². The molecule has 1 amide bonds. The highest BCUT2D eigenvalue weighted by molar-refractivity contribution is 6.31. The summed E-state index contributed by atoms with van der Waals surface area (Å²) in [4.78, 5) is 16.6. The van der Waals surface area contributed by atoms with Gasteiger partial charge in [0.2, 0.25) is 0 Å². The first-order valence-electron chi connectivity index (χ1n) is 8.92. The van der Waals surface area contributed by atoms with Crippen LogP contribution in [0.3, 0.4) is 0 Å². The van der Waals surface area contributed by atoms with Crippen LogP contribution in [0.25, 0.3) is 0 Å². The fourth-order valence-electron chi connectivity index (χ4n) is 3.44. The van der Waals surface area contributed by atoms with Crippen LogP contribution in [0, 0.1) is 0 Å². The summed E-state index contributed by atoms with van der Waals surface area (Å²) >= 11 is 6.46. The first kappa shape index (κ1) is 17.2. The summed E-state index contributed by atoms with van der Waals surface area (Å²) in [6.07, 6.45) is -0.490. The van der Waals surface area contributed by atoms with Crippen molar-refractivity contribution in [2.45, 2.75) is 19.6 Å². The van der Waals surface area contributed by atoms with E-state index in [2.05, 4.69) is 39.4 Å². The van der Waals surface area contributed by atoms with Crippen LogP contribution in [-0.2, 0) is 11.3 Å². The van der Waals surface area contributed by atoms with Gasteiger partial charge < -0.3 is 15.0 Å². The van der Waals surface area contributed by atoms with Crippen molar-refractivity contribution in [1.29, 1.82) is 0 Å². The smallest absolute Gasteiger partial charge is 0.265 e. The topological polar surface area (TPSA) is 44.8 Å². The Morgan fingerprint density at radius 3 is 2.62 bits per heavy atom. The predicted octanol–water partition coefficient (Wildman–Crippen LogP) is 3.38. The number of nitrogens with one attached hydrogen (secondary N) is 1. The summed E-state index contributed by atoms with van der Waals surface area (Å²) in [7, 11) is 0. The van der Waals surface area contributed by atoms with Gasteiger partial charge in [-0.15, -0.1) is 0 Å². The summed E-state index contributed by atoms with van der Waals surface area (Å²) in [5.41, 5.74) is 2.99. The average Bonchev–Trinajstić information content (AvgIpc) is 2.65. The molecule has 2 aliphatic heterocycles. The molecule has 2 aromatic carbocycles. The molecule has 1 saturated heterocycles. The Morgan fingerprint density at radius 1 is 1.15 bits per heavy atom. The minimum absolute atomic E-state index is 0.123. The van der Waals surface area contributed by atoms with E-state index in [0.29, 0.717) is 16.5 Å². The van der Waals surface area contributed by atoms with Gasteiger partial charge in [-0.05, 0) is 30.7 Å². The third-order valence-corrected chi connectivity index (χ3v) is 5.32. The van der Waals surface area contributed by atoms with E-state index in [-0.39, 0.29) is 5.91 Å². The Kier molecular flexibility index (Phi) is 4.74. The number of para-hydroxylation sites is 1. The summed E-state index contributed by atoms with van der Waals surface area (Å²) in [6, 6.07) is 14.2. The molecule has 2 aromatic rings. The van der Waals surface area contributed by atoms with Crippen molar-refractivity contribution in [3.05, 3.63) is 53.1 Å². The minimum atomic E-state index is -0.490. The number of carbonyl (C=O) groups excluding carboxylic acids is 1. The average molecular weight is 372 g/mol. The number of benzene rings is 2. The molecule has 0 spiro atoms. The number of halogens is 1. The van der Waals surface area contributed by atoms with Crippen LogP contribution in [0.4, 0.5) is 11.4 Å². The second kappa shape index (κ2) is 7.17. The van der Waals surface area contributed by atoms with Crippen molar-refractivity contribution in [2.24, 2.45) is 0 Å². The lowest BCUT2D eigenvalue weighted by Gasteiger charge is -2.36. The number of piperazine rings is 1. The fraction of sp³-hybridized carbons (Fsp3) is 0.350. The van der Waals surface area contributed by atoms with E-state index in [1.54, 1.807) is 6.92 Å². The molecule has 1 atom stereocenters. The molecule has 0 radical (unpaired) electrons. The molecule has 6 heteroatoms. The standard InChI is InChI=1S/C20H22ClN3O2/c1-14-20(25)22-18-11-15(17(21)12-19(18)26-14)13-23-7-9-24(10-8-23)16-5-3-2-4-6-16/h2-6,11-12,14H,7-10,13H2,1H3,(H,22,25). The molecule has 0 bridgehead atoms. The SMILES string of the molecule is CC1Oc2cc(Cl)c(CN3CCN(c4ccccc4)CC3)cc2NC1=O. The van der Waals surface area contributed by atoms with Gasteiger partial charge in [0.15, 0.2) is 6.10 Å². The van der Waals surface area contributed by atoms with E-state index in [1.165, 1.54) is 5.69 Å². The number of carbonyl (C=O) groups is 1. The van der Waals surface area contributed by atoms with E-state index in [4.69, 9.17) is 16.3 Å². The van der Waals surface area contributed by atoms with Crippen LogP contribution in [0.5, 0.6) is 5.75 Å². The van der Waals surface area contributed by atoms with Crippen molar-refractivity contribution < 1.29 is 9.53 Å². The molecule has 0 saturated carbocycles. The molecule has 5 nitrogen and oxygen atoms in total. The first-order chi connectivity index (χ1) is 12.6. The third-order valence-electron chi connectivity index (χ3n) is 4.97. The molecule has 4 rings (SSSR count). The Morgan fingerprint density at radius 2 is 1.88 bits per heavy atom. The number of rotatable bonds is 3. The zero-order valence-corrected chi connectivity index (χ0v) is 15.5. The summed E-state index contributed by atoms with van der Waals surface area (Å²) in [5, 5.41) is 3.57. The number of amides is 1. The number of hydrogen-bond acceptors (Lipinski definition) is 4. The number of ether oxygens (including phenoxy) is 1. The summed E-state index contributed by atoms with van der Waals surface area (Å²) in [5.74, 6) is 0.516. The van der Waals surface area contributed by atoms with Crippen molar-refractivity contribution >= 4 is 28.9 Å². The molecular formula is C20H22ClN3O2. The van der Waals surface area contributed by atoms with Gasteiger partial charge in [0.1, 0.15) is 5.75 Å². The third kappa shape index (κ3) is 3.50. The van der Waals surface area contributed by atoms with Gasteiger partial charge in [-0.3, -0.25) is 9.69 Å². The van der Waals surface area contributed by atoms with Gasteiger partial charge >= 0.3 is 0 Å². The molecule has 0 aromatic heterocycles. The normalized spacial score (nSPS) is 20.3. The van der Waals surface area contributed by atoms with Crippen LogP contribution in [-0.4, -0.2) is 43.1 Å². The molecule has 2 heterocycles. The van der Waals surface area contributed by atoms with E-state index in [9.17, 15) is 4.79 Å². The van der Waals surface area contributed by atoms with E-state index in [0.717, 1.165) is 38.3 Å². The predicted molar refractivity (Wildman–Crippen MR) is 104 cm³/mol. The Labute approximate surface area is 158 Å². The maximum atomic E-state index is 11.8. The maximum Gasteiger partial charge on any atom is 0.265 e. The summed E-state index contributed by atoms with van der Waals surface area (Å²) < 4.78 is 5.62. The van der Waals surface area contributed by atoms with E-state index in [1.807, 2.05) is 18.2 Å². The lowest BCUT2D eigenvalue weighted by atomic mass is 10.1. The second-order valence-electron chi connectivity index (χ2n) is 6.79. The van der Waals surface area contributed by atoms with Gasteiger partial charge in [-0.25, -0.2) is 0 Å². The van der Waals surface area contributed by atoms with Crippen LogP contribution in [0.15, 0.2) is 42.5 Å². The maximum absolute atomic E-state index is 11.8.